The highest BCUT2D eigenvalue weighted by molar-refractivity contribution is 9.10. The maximum absolute atomic E-state index is 12.1. The predicted molar refractivity (Wildman–Crippen MR) is 94.9 cm³/mol. The van der Waals surface area contributed by atoms with Gasteiger partial charge in [0, 0.05) is 19.9 Å². The summed E-state index contributed by atoms with van der Waals surface area (Å²) in [4.78, 5) is 27.0. The molecule has 5 rings (SSSR count). The highest BCUT2D eigenvalue weighted by atomic mass is 79.9. The number of hydrogen-bond acceptors (Lipinski definition) is 7. The Morgan fingerprint density at radius 2 is 1.54 bits per heavy atom. The molecule has 10 heteroatoms. The van der Waals surface area contributed by atoms with Crippen molar-refractivity contribution in [3.05, 3.63) is 48.5 Å². The fourth-order valence-electron chi connectivity index (χ4n) is 5.17. The number of phenolic OH excluding ortho intramolecular Hbond substituents is 1. The summed E-state index contributed by atoms with van der Waals surface area (Å²) in [6, 6.07) is 5.04. The Balaban J connectivity index is 1.87. The zero-order chi connectivity index (χ0) is 19.1. The Morgan fingerprint density at radius 1 is 1.08 bits per heavy atom. The van der Waals surface area contributed by atoms with Crippen LogP contribution in [0, 0.1) is 25.6 Å². The van der Waals surface area contributed by atoms with Crippen molar-refractivity contribution in [2.45, 2.75) is 31.1 Å². The molecule has 0 amide bonds. The summed E-state index contributed by atoms with van der Waals surface area (Å²) in [6.45, 7) is 3.80. The first-order valence-electron chi connectivity index (χ1n) is 8.31. The van der Waals surface area contributed by atoms with Gasteiger partial charge >= 0.3 is 0 Å². The van der Waals surface area contributed by atoms with Crippen LogP contribution < -0.4 is 0 Å². The summed E-state index contributed by atoms with van der Waals surface area (Å²) < 4.78 is 0.773. The second-order valence-electron chi connectivity index (χ2n) is 8.09. The number of aromatic hydroxyl groups is 1. The normalized spacial score (nSPS) is 39.7. The monoisotopic (exact) mass is 426 g/mol. The van der Waals surface area contributed by atoms with Crippen molar-refractivity contribution in [3.8, 4) is 5.75 Å². The number of nitro groups is 2. The molecule has 1 N–H and O–H groups in total. The Hall–Kier alpha value is -1.78. The van der Waals surface area contributed by atoms with Crippen molar-refractivity contribution in [2.75, 3.05) is 26.2 Å². The molecule has 0 unspecified atom stereocenters. The molecule has 4 fully saturated rings. The van der Waals surface area contributed by atoms with E-state index in [2.05, 4.69) is 15.9 Å². The summed E-state index contributed by atoms with van der Waals surface area (Å²) in [6.07, 6.45) is -0.412. The lowest BCUT2D eigenvalue weighted by Gasteiger charge is -2.65. The summed E-state index contributed by atoms with van der Waals surface area (Å²) in [7, 11) is 0. The third-order valence-electron chi connectivity index (χ3n) is 6.84. The van der Waals surface area contributed by atoms with E-state index < -0.39 is 22.7 Å². The van der Waals surface area contributed by atoms with Gasteiger partial charge in [-0.25, -0.2) is 0 Å². The van der Waals surface area contributed by atoms with Gasteiger partial charge in [-0.15, -0.1) is 0 Å². The number of halogens is 1. The van der Waals surface area contributed by atoms with E-state index >= 15 is 0 Å². The summed E-state index contributed by atoms with van der Waals surface area (Å²) in [5, 5.41) is 34.5. The van der Waals surface area contributed by atoms with Gasteiger partial charge in [0.15, 0.2) is 0 Å². The molecule has 0 spiro atoms. The number of phenols is 1. The van der Waals surface area contributed by atoms with Crippen LogP contribution in [0.2, 0.25) is 0 Å². The molecule has 4 aliphatic heterocycles. The van der Waals surface area contributed by atoms with Crippen LogP contribution in [-0.2, 0) is 0 Å². The molecule has 4 saturated heterocycles. The third kappa shape index (κ3) is 1.87. The van der Waals surface area contributed by atoms with E-state index in [0.717, 1.165) is 4.47 Å². The SMILES string of the molecule is CC1(C)C2([N+](=O)[O-])CN3CC1([N+](=O)[O-])CN(C2)C3c1cc(Br)ccc1O. The van der Waals surface area contributed by atoms with Crippen LogP contribution in [0.5, 0.6) is 5.75 Å². The standard InChI is InChI=1S/C16H19BrN4O5/c1-14(2)15(20(23)24)6-18-8-16(14,21(25)26)9-19(7-15)13(18)11-5-10(17)3-4-12(11)22/h3-5,13,22H,6-9H2,1-2H3. The number of hydrogen-bond donors (Lipinski definition) is 1. The lowest BCUT2D eigenvalue weighted by molar-refractivity contribution is -0.679. The van der Waals surface area contributed by atoms with Gasteiger partial charge in [-0.3, -0.25) is 30.0 Å². The zero-order valence-corrected chi connectivity index (χ0v) is 16.0. The maximum atomic E-state index is 12.1. The minimum absolute atomic E-state index is 0.0789. The van der Waals surface area contributed by atoms with E-state index in [4.69, 9.17) is 0 Å². The smallest absolute Gasteiger partial charge is 0.259 e. The third-order valence-corrected chi connectivity index (χ3v) is 7.34. The molecular weight excluding hydrogens is 408 g/mol. The van der Waals surface area contributed by atoms with Gasteiger partial charge in [-0.1, -0.05) is 15.9 Å². The van der Waals surface area contributed by atoms with Crippen LogP contribution in [0.3, 0.4) is 0 Å². The molecule has 0 aliphatic carbocycles. The minimum Gasteiger partial charge on any atom is -0.508 e. The molecule has 0 saturated carbocycles. The molecule has 9 nitrogen and oxygen atoms in total. The summed E-state index contributed by atoms with van der Waals surface area (Å²) in [5.41, 5.74) is -3.33. The van der Waals surface area contributed by atoms with E-state index in [9.17, 15) is 25.3 Å². The van der Waals surface area contributed by atoms with Gasteiger partial charge in [0.25, 0.3) is 11.1 Å². The van der Waals surface area contributed by atoms with E-state index in [1.54, 1.807) is 41.8 Å². The molecule has 1 aromatic rings. The minimum atomic E-state index is -1.42. The van der Waals surface area contributed by atoms with Crippen LogP contribution >= 0.6 is 15.9 Å². The van der Waals surface area contributed by atoms with E-state index in [1.165, 1.54) is 0 Å². The zero-order valence-electron chi connectivity index (χ0n) is 14.4. The summed E-state index contributed by atoms with van der Waals surface area (Å²) in [5.74, 6) is 0.0789. The molecule has 26 heavy (non-hydrogen) atoms. The first-order valence-corrected chi connectivity index (χ1v) is 9.11. The molecule has 1 aromatic carbocycles. The van der Waals surface area contributed by atoms with E-state index in [-0.39, 0.29) is 41.8 Å². The Morgan fingerprint density at radius 3 is 1.96 bits per heavy atom. The highest BCUT2D eigenvalue weighted by Crippen LogP contribution is 2.59. The van der Waals surface area contributed by atoms with Crippen molar-refractivity contribution < 1.29 is 15.0 Å². The molecule has 0 radical (unpaired) electrons. The maximum Gasteiger partial charge on any atom is 0.259 e. The van der Waals surface area contributed by atoms with Crippen LogP contribution in [0.25, 0.3) is 0 Å². The molecule has 0 atom stereocenters. The van der Waals surface area contributed by atoms with Crippen LogP contribution in [0.15, 0.2) is 22.7 Å². The van der Waals surface area contributed by atoms with Gasteiger partial charge in [0.1, 0.15) is 11.2 Å². The van der Waals surface area contributed by atoms with Crippen LogP contribution in [0.4, 0.5) is 0 Å². The van der Waals surface area contributed by atoms with Crippen molar-refractivity contribution >= 4 is 15.9 Å². The lowest BCUT2D eigenvalue weighted by Crippen LogP contribution is -2.88. The Bertz CT molecular complexity index is 777. The van der Waals surface area contributed by atoms with Crippen molar-refractivity contribution in [3.63, 3.8) is 0 Å². The van der Waals surface area contributed by atoms with Gasteiger partial charge in [0.2, 0.25) is 0 Å². The predicted octanol–water partition coefficient (Wildman–Crippen LogP) is 1.86. The molecule has 4 bridgehead atoms. The number of nitrogens with zero attached hydrogens (tertiary/aromatic N) is 4. The molecule has 4 aliphatic rings. The highest BCUT2D eigenvalue weighted by Gasteiger charge is 2.81. The Labute approximate surface area is 158 Å². The molecular formula is C16H19BrN4O5. The summed E-state index contributed by atoms with van der Waals surface area (Å²) >= 11 is 3.38. The number of rotatable bonds is 3. The van der Waals surface area contributed by atoms with Crippen molar-refractivity contribution in [1.82, 2.24) is 9.80 Å². The van der Waals surface area contributed by atoms with Gasteiger partial charge < -0.3 is 5.11 Å². The quantitative estimate of drug-likeness (QED) is 0.579. The van der Waals surface area contributed by atoms with Gasteiger partial charge in [-0.05, 0) is 32.0 Å². The average Bonchev–Trinajstić information content (AvgIpc) is 2.53. The first kappa shape index (κ1) is 17.6. The topological polar surface area (TPSA) is 113 Å². The second kappa shape index (κ2) is 5.14. The fourth-order valence-corrected chi connectivity index (χ4v) is 5.55. The molecule has 0 aromatic heterocycles. The lowest BCUT2D eigenvalue weighted by atomic mass is 9.53. The number of benzene rings is 1. The van der Waals surface area contributed by atoms with Crippen LogP contribution in [0.1, 0.15) is 25.6 Å². The van der Waals surface area contributed by atoms with Gasteiger partial charge in [-0.2, -0.15) is 0 Å². The Kier molecular flexibility index (Phi) is 3.49. The van der Waals surface area contributed by atoms with E-state index in [1.807, 2.05) is 0 Å². The largest absolute Gasteiger partial charge is 0.508 e. The molecule has 140 valence electrons. The number of piperidine rings is 2. The first-order chi connectivity index (χ1) is 12.1. The van der Waals surface area contributed by atoms with E-state index in [0.29, 0.717) is 5.56 Å². The van der Waals surface area contributed by atoms with Gasteiger partial charge in [0.05, 0.1) is 32.3 Å². The van der Waals surface area contributed by atoms with Crippen LogP contribution in [-0.4, -0.2) is 62.0 Å². The fraction of sp³-hybridized carbons (Fsp3) is 0.625. The average molecular weight is 427 g/mol. The van der Waals surface area contributed by atoms with Crippen molar-refractivity contribution in [2.24, 2.45) is 5.41 Å². The van der Waals surface area contributed by atoms with Crippen molar-refractivity contribution in [1.29, 1.82) is 0 Å². The molecule has 4 heterocycles. The second-order valence-corrected chi connectivity index (χ2v) is 9.00.